The summed E-state index contributed by atoms with van der Waals surface area (Å²) < 4.78 is 11.2. The second-order valence-corrected chi connectivity index (χ2v) is 6.85. The highest BCUT2D eigenvalue weighted by Gasteiger charge is 2.27. The van der Waals surface area contributed by atoms with E-state index >= 15 is 0 Å². The third-order valence-electron chi connectivity index (χ3n) is 4.62. The Kier molecular flexibility index (Phi) is 5.23. The molecule has 27 heavy (non-hydrogen) atoms. The predicted octanol–water partition coefficient (Wildman–Crippen LogP) is 4.14. The van der Waals surface area contributed by atoms with Crippen LogP contribution in [-0.4, -0.2) is 35.7 Å². The van der Waals surface area contributed by atoms with Crippen LogP contribution in [0.4, 0.5) is 0 Å². The molecule has 1 unspecified atom stereocenters. The fraction of sp³-hybridized carbons (Fsp3) is 0.238. The molecule has 3 aromatic rings. The van der Waals surface area contributed by atoms with Crippen LogP contribution in [0.15, 0.2) is 65.2 Å². The van der Waals surface area contributed by atoms with Crippen molar-refractivity contribution in [1.29, 1.82) is 0 Å². The molecule has 0 spiro atoms. The fourth-order valence-corrected chi connectivity index (χ4v) is 3.46. The first-order chi connectivity index (χ1) is 13.2. The maximum Gasteiger partial charge on any atom is 0.228 e. The number of rotatable bonds is 4. The van der Waals surface area contributed by atoms with Crippen molar-refractivity contribution in [3.05, 3.63) is 76.9 Å². The second-order valence-electron chi connectivity index (χ2n) is 6.45. The van der Waals surface area contributed by atoms with Gasteiger partial charge >= 0.3 is 0 Å². The lowest BCUT2D eigenvalue weighted by Gasteiger charge is -2.33. The van der Waals surface area contributed by atoms with Gasteiger partial charge in [0.05, 0.1) is 25.3 Å². The van der Waals surface area contributed by atoms with Gasteiger partial charge in [-0.3, -0.25) is 4.79 Å². The Morgan fingerprint density at radius 1 is 1.15 bits per heavy atom. The van der Waals surface area contributed by atoms with E-state index in [1.165, 1.54) is 0 Å². The summed E-state index contributed by atoms with van der Waals surface area (Å²) in [5.41, 5.74) is 2.47. The normalized spacial score (nSPS) is 17.1. The largest absolute Gasteiger partial charge is 0.370 e. The number of benzene rings is 2. The number of hydrogen-bond donors (Lipinski definition) is 0. The third-order valence-corrected chi connectivity index (χ3v) is 4.97. The first-order valence-corrected chi connectivity index (χ1v) is 9.23. The van der Waals surface area contributed by atoms with Crippen molar-refractivity contribution >= 4 is 17.5 Å². The molecule has 0 bridgehead atoms. The van der Waals surface area contributed by atoms with Crippen molar-refractivity contribution in [2.24, 2.45) is 0 Å². The van der Waals surface area contributed by atoms with Crippen molar-refractivity contribution < 1.29 is 14.1 Å². The summed E-state index contributed by atoms with van der Waals surface area (Å²) in [6, 6.07) is 19.1. The van der Waals surface area contributed by atoms with Gasteiger partial charge in [-0.15, -0.1) is 0 Å². The lowest BCUT2D eigenvalue weighted by molar-refractivity contribution is -0.138. The SMILES string of the molecule is O=C(Cc1cc(-c2ccccc2)on1)N1CCOC(c2ccccc2Cl)C1. The van der Waals surface area contributed by atoms with Crippen LogP contribution in [0.5, 0.6) is 0 Å². The molecular formula is C21H19ClN2O3. The molecule has 4 rings (SSSR count). The number of amides is 1. The molecule has 6 heteroatoms. The minimum Gasteiger partial charge on any atom is -0.370 e. The van der Waals surface area contributed by atoms with Crippen LogP contribution in [0, 0.1) is 0 Å². The van der Waals surface area contributed by atoms with Gasteiger partial charge in [-0.05, 0) is 6.07 Å². The van der Waals surface area contributed by atoms with Gasteiger partial charge in [0.2, 0.25) is 5.91 Å². The summed E-state index contributed by atoms with van der Waals surface area (Å²) in [6.45, 7) is 1.52. The van der Waals surface area contributed by atoms with Crippen LogP contribution in [0.2, 0.25) is 5.02 Å². The highest BCUT2D eigenvalue weighted by molar-refractivity contribution is 6.31. The number of halogens is 1. The zero-order valence-corrected chi connectivity index (χ0v) is 15.4. The Morgan fingerprint density at radius 3 is 2.74 bits per heavy atom. The van der Waals surface area contributed by atoms with Crippen molar-refractivity contribution in [2.45, 2.75) is 12.5 Å². The minimum atomic E-state index is -0.214. The molecular weight excluding hydrogens is 364 g/mol. The molecule has 1 fully saturated rings. The lowest BCUT2D eigenvalue weighted by atomic mass is 10.1. The van der Waals surface area contributed by atoms with Gasteiger partial charge in [-0.25, -0.2) is 0 Å². The average Bonchev–Trinajstić information content (AvgIpc) is 3.17. The van der Waals surface area contributed by atoms with E-state index in [9.17, 15) is 4.79 Å². The van der Waals surface area contributed by atoms with Gasteiger partial charge in [0, 0.05) is 28.8 Å². The summed E-state index contributed by atoms with van der Waals surface area (Å²) in [7, 11) is 0. The zero-order valence-electron chi connectivity index (χ0n) is 14.7. The Morgan fingerprint density at radius 2 is 1.93 bits per heavy atom. The van der Waals surface area contributed by atoms with Crippen LogP contribution in [0.3, 0.4) is 0 Å². The van der Waals surface area contributed by atoms with Crippen LogP contribution in [0.1, 0.15) is 17.4 Å². The number of hydrogen-bond acceptors (Lipinski definition) is 4. The molecule has 0 saturated carbocycles. The molecule has 0 radical (unpaired) electrons. The van der Waals surface area contributed by atoms with E-state index in [0.29, 0.717) is 36.2 Å². The summed E-state index contributed by atoms with van der Waals surface area (Å²) >= 11 is 6.27. The third kappa shape index (κ3) is 4.04. The number of morpholine rings is 1. The topological polar surface area (TPSA) is 55.6 Å². The summed E-state index contributed by atoms with van der Waals surface area (Å²) in [5, 5.41) is 4.70. The minimum absolute atomic E-state index is 0.00302. The molecule has 1 aliphatic rings. The van der Waals surface area contributed by atoms with E-state index in [2.05, 4.69) is 5.16 Å². The number of carbonyl (C=O) groups is 1. The van der Waals surface area contributed by atoms with E-state index in [4.69, 9.17) is 20.9 Å². The van der Waals surface area contributed by atoms with Crippen LogP contribution < -0.4 is 0 Å². The van der Waals surface area contributed by atoms with Crippen molar-refractivity contribution in [3.8, 4) is 11.3 Å². The molecule has 2 aromatic carbocycles. The predicted molar refractivity (Wildman–Crippen MR) is 102 cm³/mol. The molecule has 138 valence electrons. The number of aromatic nitrogens is 1. The smallest absolute Gasteiger partial charge is 0.228 e. The highest BCUT2D eigenvalue weighted by atomic mass is 35.5. The van der Waals surface area contributed by atoms with Crippen LogP contribution in [0.25, 0.3) is 11.3 Å². The number of carbonyl (C=O) groups excluding carboxylic acids is 1. The van der Waals surface area contributed by atoms with Gasteiger partial charge in [0.25, 0.3) is 0 Å². The molecule has 1 saturated heterocycles. The van der Waals surface area contributed by atoms with E-state index in [1.54, 1.807) is 4.90 Å². The Balaban J connectivity index is 1.43. The first-order valence-electron chi connectivity index (χ1n) is 8.85. The van der Waals surface area contributed by atoms with Crippen LogP contribution in [-0.2, 0) is 16.0 Å². The summed E-state index contributed by atoms with van der Waals surface area (Å²) in [5.74, 6) is 0.664. The van der Waals surface area contributed by atoms with Gasteiger partial charge in [-0.1, -0.05) is 65.3 Å². The van der Waals surface area contributed by atoms with E-state index in [-0.39, 0.29) is 18.4 Å². The van der Waals surface area contributed by atoms with Gasteiger partial charge in [-0.2, -0.15) is 0 Å². The highest BCUT2D eigenvalue weighted by Crippen LogP contribution is 2.28. The number of nitrogens with zero attached hydrogens (tertiary/aromatic N) is 2. The number of ether oxygens (including phenoxy) is 1. The molecule has 0 aliphatic carbocycles. The second kappa shape index (κ2) is 7.94. The van der Waals surface area contributed by atoms with Crippen molar-refractivity contribution in [2.75, 3.05) is 19.7 Å². The molecule has 5 nitrogen and oxygen atoms in total. The molecule has 1 atom stereocenters. The summed E-state index contributed by atoms with van der Waals surface area (Å²) in [6.07, 6.45) is -0.0143. The monoisotopic (exact) mass is 382 g/mol. The fourth-order valence-electron chi connectivity index (χ4n) is 3.20. The molecule has 1 aliphatic heterocycles. The molecule has 2 heterocycles. The van der Waals surface area contributed by atoms with Gasteiger partial charge in [0.1, 0.15) is 6.10 Å². The van der Waals surface area contributed by atoms with Gasteiger partial charge < -0.3 is 14.2 Å². The Labute approximate surface area is 162 Å². The van der Waals surface area contributed by atoms with Crippen molar-refractivity contribution in [3.63, 3.8) is 0 Å². The lowest BCUT2D eigenvalue weighted by Crippen LogP contribution is -2.43. The van der Waals surface area contributed by atoms with Crippen molar-refractivity contribution in [1.82, 2.24) is 10.1 Å². The summed E-state index contributed by atoms with van der Waals surface area (Å²) in [4.78, 5) is 14.5. The maximum atomic E-state index is 12.7. The Bertz CT molecular complexity index is 926. The molecule has 1 aromatic heterocycles. The van der Waals surface area contributed by atoms with E-state index in [0.717, 1.165) is 11.1 Å². The van der Waals surface area contributed by atoms with Crippen LogP contribution >= 0.6 is 11.6 Å². The molecule has 1 amide bonds. The zero-order chi connectivity index (χ0) is 18.6. The quantitative estimate of drug-likeness (QED) is 0.680. The average molecular weight is 383 g/mol. The first kappa shape index (κ1) is 17.8. The Hall–Kier alpha value is -2.63. The maximum absolute atomic E-state index is 12.7. The standard InChI is InChI=1S/C21H19ClN2O3/c22-18-9-5-4-8-17(18)20-14-24(10-11-26-20)21(25)13-16-12-19(27-23-16)15-6-2-1-3-7-15/h1-9,12,20H,10-11,13-14H2. The molecule has 0 N–H and O–H groups in total. The van der Waals surface area contributed by atoms with E-state index in [1.807, 2.05) is 60.7 Å². The van der Waals surface area contributed by atoms with E-state index < -0.39 is 0 Å². The van der Waals surface area contributed by atoms with Gasteiger partial charge in [0.15, 0.2) is 5.76 Å².